The Morgan fingerprint density at radius 1 is 1.21 bits per heavy atom. The van der Waals surface area contributed by atoms with Gasteiger partial charge in [-0.2, -0.15) is 5.26 Å². The maximum absolute atomic E-state index is 13.2. The first-order chi connectivity index (χ1) is 11.7. The average Bonchev–Trinajstić information content (AvgIpc) is 3.23. The minimum Gasteiger partial charge on any atom is -0.497 e. The van der Waals surface area contributed by atoms with Crippen LogP contribution in [0, 0.1) is 11.3 Å². The van der Waals surface area contributed by atoms with Crippen LogP contribution in [0.1, 0.15) is 34.6 Å². The van der Waals surface area contributed by atoms with E-state index in [0.29, 0.717) is 12.1 Å². The van der Waals surface area contributed by atoms with Gasteiger partial charge in [0, 0.05) is 12.2 Å². The van der Waals surface area contributed by atoms with E-state index >= 15 is 0 Å². The number of anilines is 1. The van der Waals surface area contributed by atoms with E-state index in [1.807, 2.05) is 35.2 Å². The van der Waals surface area contributed by atoms with Crippen molar-refractivity contribution in [2.24, 2.45) is 0 Å². The van der Waals surface area contributed by atoms with Crippen LogP contribution in [0.2, 0.25) is 0 Å². The standard InChI is InChI=1S/C20H18N2O2/c1-24-16-6-4-14-5-7-17(18(14)11-16)20(23)22-9-8-15-3-2-13(12-21)10-19(15)22/h2-4,6,10-11,17H,5,7-9H2,1H3. The van der Waals surface area contributed by atoms with E-state index in [-0.39, 0.29) is 11.8 Å². The molecule has 0 bridgehead atoms. The maximum atomic E-state index is 13.2. The molecule has 4 heteroatoms. The number of aryl methyl sites for hydroxylation is 1. The molecule has 0 fully saturated rings. The van der Waals surface area contributed by atoms with Gasteiger partial charge in [-0.25, -0.2) is 0 Å². The maximum Gasteiger partial charge on any atom is 0.234 e. The van der Waals surface area contributed by atoms with Crippen LogP contribution in [0.3, 0.4) is 0 Å². The fourth-order valence-electron chi connectivity index (χ4n) is 3.83. The zero-order valence-corrected chi connectivity index (χ0v) is 13.6. The van der Waals surface area contributed by atoms with Crippen molar-refractivity contribution >= 4 is 11.6 Å². The summed E-state index contributed by atoms with van der Waals surface area (Å²) in [5.74, 6) is 0.810. The Morgan fingerprint density at radius 3 is 2.83 bits per heavy atom. The fourth-order valence-corrected chi connectivity index (χ4v) is 3.83. The average molecular weight is 318 g/mol. The summed E-state index contributed by atoms with van der Waals surface area (Å²) in [5, 5.41) is 9.13. The second-order valence-corrected chi connectivity index (χ2v) is 6.35. The summed E-state index contributed by atoms with van der Waals surface area (Å²) in [6, 6.07) is 13.8. The van der Waals surface area contributed by atoms with Crippen LogP contribution in [0.5, 0.6) is 5.75 Å². The summed E-state index contributed by atoms with van der Waals surface area (Å²) in [7, 11) is 1.65. The molecule has 1 amide bonds. The second-order valence-electron chi connectivity index (χ2n) is 6.35. The molecule has 2 aromatic rings. The number of benzene rings is 2. The van der Waals surface area contributed by atoms with E-state index in [9.17, 15) is 4.79 Å². The topological polar surface area (TPSA) is 53.3 Å². The molecule has 0 N–H and O–H groups in total. The van der Waals surface area contributed by atoms with Crippen molar-refractivity contribution in [3.8, 4) is 11.8 Å². The summed E-state index contributed by atoms with van der Waals surface area (Å²) in [4.78, 5) is 15.0. The summed E-state index contributed by atoms with van der Waals surface area (Å²) in [6.45, 7) is 0.693. The molecule has 1 unspecified atom stereocenters. The van der Waals surface area contributed by atoms with E-state index in [4.69, 9.17) is 10.00 Å². The normalized spacial score (nSPS) is 18.0. The van der Waals surface area contributed by atoms with Gasteiger partial charge in [-0.3, -0.25) is 4.79 Å². The molecule has 1 aliphatic carbocycles. The Balaban J connectivity index is 1.68. The molecule has 1 aliphatic heterocycles. The third-order valence-electron chi connectivity index (χ3n) is 5.10. The van der Waals surface area contributed by atoms with Gasteiger partial charge in [0.25, 0.3) is 0 Å². The predicted molar refractivity (Wildman–Crippen MR) is 91.3 cm³/mol. The highest BCUT2D eigenvalue weighted by Crippen LogP contribution is 2.39. The van der Waals surface area contributed by atoms with Crippen molar-refractivity contribution in [1.29, 1.82) is 5.26 Å². The number of nitrogens with zero attached hydrogens (tertiary/aromatic N) is 2. The zero-order valence-electron chi connectivity index (χ0n) is 13.6. The van der Waals surface area contributed by atoms with Crippen LogP contribution in [0.4, 0.5) is 5.69 Å². The number of carbonyl (C=O) groups is 1. The van der Waals surface area contributed by atoms with Crippen LogP contribution < -0.4 is 9.64 Å². The number of fused-ring (bicyclic) bond motifs is 2. The quantitative estimate of drug-likeness (QED) is 0.854. The number of rotatable bonds is 2. The predicted octanol–water partition coefficient (Wildman–Crippen LogP) is 3.19. The molecular weight excluding hydrogens is 300 g/mol. The van der Waals surface area contributed by atoms with Crippen molar-refractivity contribution in [2.75, 3.05) is 18.6 Å². The lowest BCUT2D eigenvalue weighted by Crippen LogP contribution is -2.33. The van der Waals surface area contributed by atoms with Crippen LogP contribution in [0.15, 0.2) is 36.4 Å². The van der Waals surface area contributed by atoms with Crippen molar-refractivity contribution in [2.45, 2.75) is 25.2 Å². The molecule has 0 saturated carbocycles. The van der Waals surface area contributed by atoms with Crippen LogP contribution in [0.25, 0.3) is 0 Å². The third kappa shape index (κ3) is 2.25. The van der Waals surface area contributed by atoms with Gasteiger partial charge in [-0.15, -0.1) is 0 Å². The van der Waals surface area contributed by atoms with Gasteiger partial charge in [0.05, 0.1) is 24.7 Å². The molecule has 0 radical (unpaired) electrons. The molecule has 1 heterocycles. The summed E-state index contributed by atoms with van der Waals surface area (Å²) in [5.41, 5.74) is 4.96. The number of hydrogen-bond acceptors (Lipinski definition) is 3. The van der Waals surface area contributed by atoms with Gasteiger partial charge in [0.1, 0.15) is 5.75 Å². The largest absolute Gasteiger partial charge is 0.497 e. The Bertz CT molecular complexity index is 866. The Morgan fingerprint density at radius 2 is 2.04 bits per heavy atom. The lowest BCUT2D eigenvalue weighted by molar-refractivity contribution is -0.119. The Kier molecular flexibility index (Phi) is 3.50. The van der Waals surface area contributed by atoms with Crippen LogP contribution >= 0.6 is 0 Å². The van der Waals surface area contributed by atoms with Gasteiger partial charge in [-0.05, 0) is 60.2 Å². The first kappa shape index (κ1) is 14.8. The highest BCUT2D eigenvalue weighted by Gasteiger charge is 2.35. The molecular formula is C20H18N2O2. The lowest BCUT2D eigenvalue weighted by Gasteiger charge is -2.22. The lowest BCUT2D eigenvalue weighted by atomic mass is 9.99. The van der Waals surface area contributed by atoms with E-state index in [0.717, 1.165) is 41.8 Å². The number of nitriles is 1. The number of carbonyl (C=O) groups excluding carboxylic acids is 1. The Hall–Kier alpha value is -2.80. The van der Waals surface area contributed by atoms with Crippen molar-refractivity contribution < 1.29 is 9.53 Å². The summed E-state index contributed by atoms with van der Waals surface area (Å²) < 4.78 is 5.32. The fraction of sp³-hybridized carbons (Fsp3) is 0.300. The molecule has 4 rings (SSSR count). The van der Waals surface area contributed by atoms with Gasteiger partial charge >= 0.3 is 0 Å². The Labute approximate surface area is 141 Å². The molecule has 0 saturated heterocycles. The molecule has 4 nitrogen and oxygen atoms in total. The van der Waals surface area contributed by atoms with Crippen molar-refractivity contribution in [1.82, 2.24) is 0 Å². The minimum absolute atomic E-state index is 0.119. The highest BCUT2D eigenvalue weighted by molar-refractivity contribution is 6.00. The molecule has 1 atom stereocenters. The number of ether oxygens (including phenoxy) is 1. The summed E-state index contributed by atoms with van der Waals surface area (Å²) in [6.07, 6.45) is 2.62. The summed E-state index contributed by atoms with van der Waals surface area (Å²) >= 11 is 0. The molecule has 0 spiro atoms. The number of methoxy groups -OCH3 is 1. The van der Waals surface area contributed by atoms with Gasteiger partial charge in [0.2, 0.25) is 5.91 Å². The second kappa shape index (κ2) is 5.68. The number of hydrogen-bond donors (Lipinski definition) is 0. The molecule has 120 valence electrons. The van der Waals surface area contributed by atoms with Crippen molar-refractivity contribution in [3.63, 3.8) is 0 Å². The van der Waals surface area contributed by atoms with Crippen LogP contribution in [-0.4, -0.2) is 19.6 Å². The molecule has 24 heavy (non-hydrogen) atoms. The van der Waals surface area contributed by atoms with Crippen LogP contribution in [-0.2, 0) is 17.6 Å². The van der Waals surface area contributed by atoms with Gasteiger partial charge < -0.3 is 9.64 Å². The van der Waals surface area contributed by atoms with E-state index in [1.165, 1.54) is 5.56 Å². The molecule has 2 aliphatic rings. The third-order valence-corrected chi connectivity index (χ3v) is 5.10. The van der Waals surface area contributed by atoms with E-state index < -0.39 is 0 Å². The monoisotopic (exact) mass is 318 g/mol. The first-order valence-electron chi connectivity index (χ1n) is 8.22. The van der Waals surface area contributed by atoms with Crippen molar-refractivity contribution in [3.05, 3.63) is 58.7 Å². The van der Waals surface area contributed by atoms with E-state index in [2.05, 4.69) is 12.1 Å². The van der Waals surface area contributed by atoms with Gasteiger partial charge in [0.15, 0.2) is 0 Å². The number of amides is 1. The SMILES string of the molecule is COc1ccc2c(c1)C(C(=O)N1CCc3ccc(C#N)cc31)CC2. The van der Waals surface area contributed by atoms with Gasteiger partial charge in [-0.1, -0.05) is 12.1 Å². The van der Waals surface area contributed by atoms with E-state index in [1.54, 1.807) is 7.11 Å². The highest BCUT2D eigenvalue weighted by atomic mass is 16.5. The smallest absolute Gasteiger partial charge is 0.234 e. The molecule has 2 aromatic carbocycles. The zero-order chi connectivity index (χ0) is 16.7. The minimum atomic E-state index is -0.119. The first-order valence-corrected chi connectivity index (χ1v) is 8.22. The molecule has 0 aromatic heterocycles.